The molecule has 4 heteroatoms. The van der Waals surface area contributed by atoms with Gasteiger partial charge in [-0.15, -0.1) is 0 Å². The van der Waals surface area contributed by atoms with E-state index >= 15 is 0 Å². The van der Waals surface area contributed by atoms with Crippen molar-refractivity contribution in [3.05, 3.63) is 72.9 Å². The monoisotopic (exact) mass is 322 g/mol. The van der Waals surface area contributed by atoms with Gasteiger partial charge in [-0.05, 0) is 17.7 Å². The maximum Gasteiger partial charge on any atom is 0.222 e. The van der Waals surface area contributed by atoms with Gasteiger partial charge >= 0.3 is 0 Å². The summed E-state index contributed by atoms with van der Waals surface area (Å²) >= 11 is 0. The number of benzene rings is 2. The van der Waals surface area contributed by atoms with Crippen LogP contribution in [0.1, 0.15) is 0 Å². The second kappa shape index (κ2) is 6.40. The fourth-order valence-electron chi connectivity index (χ4n) is 2.93. The van der Waals surface area contributed by atoms with Crippen LogP contribution in [-0.4, -0.2) is 24.9 Å². The molecule has 0 spiro atoms. The largest absolute Gasteiger partial charge is 0.481 e. The summed E-state index contributed by atoms with van der Waals surface area (Å²) in [5.74, 6) is 0.575. The van der Waals surface area contributed by atoms with Gasteiger partial charge in [0.2, 0.25) is 5.88 Å². The molecule has 0 aliphatic carbocycles. The van der Waals surface area contributed by atoms with Gasteiger partial charge in [-0.3, -0.25) is 0 Å². The van der Waals surface area contributed by atoms with Gasteiger partial charge in [0.15, 0.2) is 0 Å². The third-order valence-corrected chi connectivity index (χ3v) is 4.17. The maximum absolute atomic E-state index is 5.84. The van der Waals surface area contributed by atoms with Crippen LogP contribution >= 0.6 is 0 Å². The summed E-state index contributed by atoms with van der Waals surface area (Å²) in [6.45, 7) is 0. The number of fused-ring (bicyclic) bond motifs is 1. The van der Waals surface area contributed by atoms with Crippen LogP contribution in [0.15, 0.2) is 72.9 Å². The third kappa shape index (κ3) is 2.87. The zero-order valence-electron chi connectivity index (χ0n) is 13.8. The first kappa shape index (κ1) is 15.4. The van der Waals surface area contributed by atoms with Crippen LogP contribution in [0.3, 0.4) is 0 Å². The lowest BCUT2D eigenvalue weighted by molar-refractivity contribution is 0.403. The molecule has 2 radical (unpaired) electrons. The lowest BCUT2D eigenvalue weighted by Crippen LogP contribution is -2.00. The summed E-state index contributed by atoms with van der Waals surface area (Å²) < 4.78 is 5.41. The van der Waals surface area contributed by atoms with Crippen LogP contribution in [-0.2, 0) is 0 Å². The number of rotatable bonds is 3. The van der Waals surface area contributed by atoms with E-state index in [0.717, 1.165) is 38.8 Å². The van der Waals surface area contributed by atoms with Gasteiger partial charge in [-0.2, -0.15) is 0 Å². The first-order valence-corrected chi connectivity index (χ1v) is 8.01. The van der Waals surface area contributed by atoms with E-state index < -0.39 is 0 Å². The van der Waals surface area contributed by atoms with Crippen LogP contribution < -0.4 is 10.2 Å². The van der Waals surface area contributed by atoms with E-state index in [1.165, 1.54) is 0 Å². The predicted molar refractivity (Wildman–Crippen MR) is 102 cm³/mol. The molecular weight excluding hydrogens is 307 g/mol. The Morgan fingerprint density at radius 3 is 2.36 bits per heavy atom. The maximum atomic E-state index is 5.84. The Hall–Kier alpha value is -3.14. The summed E-state index contributed by atoms with van der Waals surface area (Å²) in [5, 5.41) is 0.892. The first-order chi connectivity index (χ1) is 12.3. The topological polar surface area (TPSA) is 35.0 Å². The van der Waals surface area contributed by atoms with Gasteiger partial charge in [-0.1, -0.05) is 60.1 Å². The van der Waals surface area contributed by atoms with E-state index in [9.17, 15) is 0 Å². The second-order valence-corrected chi connectivity index (χ2v) is 5.76. The zero-order chi connectivity index (χ0) is 17.2. The smallest absolute Gasteiger partial charge is 0.222 e. The average molecular weight is 322 g/mol. The molecule has 4 aromatic rings. The molecule has 118 valence electrons. The average Bonchev–Trinajstić information content (AvgIpc) is 2.68. The molecule has 2 heterocycles. The minimum atomic E-state index is 0.575. The Balaban J connectivity index is 2.04. The fraction of sp³-hybridized carbons (Fsp3) is 0.0476. The molecule has 0 N–H and O–H groups in total. The molecule has 0 fully saturated rings. The molecule has 2 aromatic carbocycles. The molecule has 0 bridgehead atoms. The lowest BCUT2D eigenvalue weighted by Gasteiger charge is -2.13. The van der Waals surface area contributed by atoms with Crippen molar-refractivity contribution >= 4 is 24.2 Å². The van der Waals surface area contributed by atoms with Crippen LogP contribution in [0.2, 0.25) is 0 Å². The van der Waals surface area contributed by atoms with Crippen LogP contribution in [0.4, 0.5) is 0 Å². The van der Waals surface area contributed by atoms with Gasteiger partial charge in [0.25, 0.3) is 0 Å². The van der Waals surface area contributed by atoms with Crippen molar-refractivity contribution in [2.45, 2.75) is 0 Å². The highest BCUT2D eigenvalue weighted by atomic mass is 16.5. The molecular formula is C21H15BN2O. The molecule has 0 aliphatic rings. The van der Waals surface area contributed by atoms with E-state index in [2.05, 4.69) is 23.2 Å². The molecule has 0 saturated carbocycles. The van der Waals surface area contributed by atoms with Crippen molar-refractivity contribution < 1.29 is 4.74 Å². The molecule has 4 rings (SSSR count). The number of nitrogens with zero attached hydrogens (tertiary/aromatic N) is 2. The van der Waals surface area contributed by atoms with Crippen molar-refractivity contribution in [3.63, 3.8) is 0 Å². The van der Waals surface area contributed by atoms with Gasteiger partial charge in [-0.25, -0.2) is 9.97 Å². The predicted octanol–water partition coefficient (Wildman–Crippen LogP) is 3.77. The molecule has 3 nitrogen and oxygen atoms in total. The van der Waals surface area contributed by atoms with Gasteiger partial charge in [0, 0.05) is 17.3 Å². The summed E-state index contributed by atoms with van der Waals surface area (Å²) in [7, 11) is 7.46. The van der Waals surface area contributed by atoms with Gasteiger partial charge in [0.05, 0.1) is 23.7 Å². The Morgan fingerprint density at radius 2 is 1.64 bits per heavy atom. The molecule has 2 aromatic heterocycles. The number of hydrogen-bond donors (Lipinski definition) is 0. The van der Waals surface area contributed by atoms with Crippen molar-refractivity contribution in [1.82, 2.24) is 9.97 Å². The van der Waals surface area contributed by atoms with E-state index in [4.69, 9.17) is 17.6 Å². The Morgan fingerprint density at radius 1 is 0.880 bits per heavy atom. The Bertz CT molecular complexity index is 1030. The molecule has 0 aliphatic heterocycles. The highest BCUT2D eigenvalue weighted by Crippen LogP contribution is 2.35. The number of hydrogen-bond acceptors (Lipinski definition) is 3. The quantitative estimate of drug-likeness (QED) is 0.539. The lowest BCUT2D eigenvalue weighted by atomic mass is 9.92. The van der Waals surface area contributed by atoms with E-state index in [-0.39, 0.29) is 0 Å². The first-order valence-electron chi connectivity index (χ1n) is 8.01. The molecule has 0 saturated heterocycles. The SMILES string of the molecule is [B]c1ccc(-c2nc3ccnc(OC)c3cc2-c2ccccc2)cc1. The minimum absolute atomic E-state index is 0.575. The standard InChI is InChI=1S/C21H15BN2O/c1-25-21-18-13-17(14-5-3-2-4-6-14)20(24-19(18)11-12-23-21)15-7-9-16(22)10-8-15/h2-13H,1H3. The Kier molecular flexibility index (Phi) is 3.94. The van der Waals surface area contributed by atoms with Crippen molar-refractivity contribution in [2.24, 2.45) is 0 Å². The number of ether oxygens (including phenoxy) is 1. The second-order valence-electron chi connectivity index (χ2n) is 5.76. The number of aromatic nitrogens is 2. The van der Waals surface area contributed by atoms with Crippen molar-refractivity contribution in [2.75, 3.05) is 7.11 Å². The zero-order valence-corrected chi connectivity index (χ0v) is 13.8. The minimum Gasteiger partial charge on any atom is -0.481 e. The highest BCUT2D eigenvalue weighted by Gasteiger charge is 2.13. The highest BCUT2D eigenvalue weighted by molar-refractivity contribution is 6.32. The summed E-state index contributed by atoms with van der Waals surface area (Å²) in [5.41, 5.74) is 5.63. The molecule has 25 heavy (non-hydrogen) atoms. The van der Waals surface area contributed by atoms with Crippen molar-refractivity contribution in [3.8, 4) is 28.3 Å². The Labute approximate surface area is 147 Å². The summed E-state index contributed by atoms with van der Waals surface area (Å²) in [6.07, 6.45) is 1.71. The number of pyridine rings is 2. The van der Waals surface area contributed by atoms with Crippen molar-refractivity contribution in [1.29, 1.82) is 0 Å². The summed E-state index contributed by atoms with van der Waals surface area (Å²) in [4.78, 5) is 9.19. The fourth-order valence-corrected chi connectivity index (χ4v) is 2.93. The molecule has 0 atom stereocenters. The summed E-state index contributed by atoms with van der Waals surface area (Å²) in [6, 6.07) is 22.0. The normalized spacial score (nSPS) is 10.8. The van der Waals surface area contributed by atoms with Crippen LogP contribution in [0, 0.1) is 0 Å². The molecule has 0 unspecified atom stereocenters. The van der Waals surface area contributed by atoms with Crippen LogP contribution in [0.25, 0.3) is 33.3 Å². The van der Waals surface area contributed by atoms with Gasteiger partial charge < -0.3 is 4.74 Å². The van der Waals surface area contributed by atoms with E-state index in [1.807, 2.05) is 48.5 Å². The van der Waals surface area contributed by atoms with E-state index in [0.29, 0.717) is 5.88 Å². The van der Waals surface area contributed by atoms with E-state index in [1.54, 1.807) is 13.3 Å². The van der Waals surface area contributed by atoms with Crippen LogP contribution in [0.5, 0.6) is 5.88 Å². The third-order valence-electron chi connectivity index (χ3n) is 4.17. The number of methoxy groups -OCH3 is 1. The molecule has 0 amide bonds. The van der Waals surface area contributed by atoms with Gasteiger partial charge in [0.1, 0.15) is 7.85 Å².